The van der Waals surface area contributed by atoms with Crippen molar-refractivity contribution < 1.29 is 23.9 Å². The van der Waals surface area contributed by atoms with Crippen LogP contribution in [-0.2, 0) is 6.42 Å². The average Bonchev–Trinajstić information content (AvgIpc) is 3.35. The van der Waals surface area contributed by atoms with Gasteiger partial charge in [0.05, 0.1) is 24.0 Å². The van der Waals surface area contributed by atoms with Crippen LogP contribution in [0.25, 0.3) is 0 Å². The summed E-state index contributed by atoms with van der Waals surface area (Å²) >= 11 is 0. The average molecular weight is 349 g/mol. The highest BCUT2D eigenvalue weighted by molar-refractivity contribution is 6.03. The molecule has 1 saturated carbocycles. The van der Waals surface area contributed by atoms with E-state index in [2.05, 4.69) is 0 Å². The van der Waals surface area contributed by atoms with Crippen molar-refractivity contribution in [2.45, 2.75) is 39.2 Å². The molecule has 0 saturated heterocycles. The van der Waals surface area contributed by atoms with Crippen LogP contribution in [0.5, 0.6) is 0 Å². The van der Waals surface area contributed by atoms with Crippen molar-refractivity contribution in [3.63, 3.8) is 0 Å². The topological polar surface area (TPSA) is 91.6 Å². The van der Waals surface area contributed by atoms with E-state index in [0.29, 0.717) is 36.0 Å². The van der Waals surface area contributed by atoms with Gasteiger partial charge in [-0.2, -0.15) is 0 Å². The number of hydrogen-bond acceptors (Lipinski definition) is 3. The lowest BCUT2D eigenvalue weighted by atomic mass is 10.00. The lowest BCUT2D eigenvalue weighted by molar-refractivity contribution is 0.0726. The van der Waals surface area contributed by atoms with Crippen molar-refractivity contribution in [1.82, 2.24) is 14.8 Å². The van der Waals surface area contributed by atoms with Gasteiger partial charge in [0, 0.05) is 24.0 Å². The normalized spacial score (nSPS) is 17.5. The quantitative estimate of drug-likeness (QED) is 0.814. The number of nitrogens with one attached hydrogen (secondary N) is 1. The number of carboxylic acid groups (broad SMARTS) is 1. The monoisotopic (exact) mass is 349 g/mol. The lowest BCUT2D eigenvalue weighted by Crippen LogP contribution is -2.39. The Morgan fingerprint density at radius 3 is 2.56 bits per heavy atom. The third-order valence-corrected chi connectivity index (χ3v) is 4.88. The molecule has 0 spiro atoms. The summed E-state index contributed by atoms with van der Waals surface area (Å²) in [6, 6.07) is 0.292. The minimum atomic E-state index is -1.34. The summed E-state index contributed by atoms with van der Waals surface area (Å²) in [4.78, 5) is 37.9. The first kappa shape index (κ1) is 17.2. The van der Waals surface area contributed by atoms with Crippen LogP contribution in [0, 0.1) is 13.8 Å². The van der Waals surface area contributed by atoms with Crippen LogP contribution < -0.4 is 5.32 Å². The predicted octanol–water partition coefficient (Wildman–Crippen LogP) is 2.03. The molecule has 0 bridgehead atoms. The standard InChI is InChI=1S/C17H20FN3O4/c1-9-13-5-6-20(12-3-4-12)16(23)14(13)10(2)21(9)15(22)11(7-18)8-19-17(24)25/h7,12,19H,3-6,8H2,1-2H3,(H,24,25). The van der Waals surface area contributed by atoms with E-state index in [0.717, 1.165) is 18.4 Å². The molecule has 2 aliphatic rings. The molecule has 3 rings (SSSR count). The van der Waals surface area contributed by atoms with Gasteiger partial charge in [-0.15, -0.1) is 0 Å². The molecular formula is C17H20FN3O4. The summed E-state index contributed by atoms with van der Waals surface area (Å²) in [6.45, 7) is 3.58. The molecule has 1 fully saturated rings. The van der Waals surface area contributed by atoms with E-state index in [1.165, 1.54) is 4.57 Å². The second-order valence-electron chi connectivity index (χ2n) is 6.44. The van der Waals surface area contributed by atoms with Crippen LogP contribution in [0.1, 0.15) is 44.9 Å². The fourth-order valence-electron chi connectivity index (χ4n) is 3.48. The van der Waals surface area contributed by atoms with Crippen LogP contribution in [0.15, 0.2) is 11.9 Å². The van der Waals surface area contributed by atoms with Crippen molar-refractivity contribution in [1.29, 1.82) is 0 Å². The Kier molecular flexibility index (Phi) is 4.36. The summed E-state index contributed by atoms with van der Waals surface area (Å²) in [5.41, 5.74) is 2.11. The van der Waals surface area contributed by atoms with Gasteiger partial charge in [-0.25, -0.2) is 9.18 Å². The van der Waals surface area contributed by atoms with Crippen molar-refractivity contribution in [3.05, 3.63) is 34.4 Å². The van der Waals surface area contributed by atoms with Gasteiger partial charge in [0.2, 0.25) is 0 Å². The van der Waals surface area contributed by atoms with E-state index in [4.69, 9.17) is 5.11 Å². The summed E-state index contributed by atoms with van der Waals surface area (Å²) < 4.78 is 14.5. The summed E-state index contributed by atoms with van der Waals surface area (Å²) in [5, 5.41) is 10.6. The number of nitrogens with zero attached hydrogens (tertiary/aromatic N) is 2. The molecular weight excluding hydrogens is 329 g/mol. The van der Waals surface area contributed by atoms with Gasteiger partial charge in [0.25, 0.3) is 11.8 Å². The van der Waals surface area contributed by atoms with Gasteiger partial charge < -0.3 is 15.3 Å². The van der Waals surface area contributed by atoms with Gasteiger partial charge in [-0.1, -0.05) is 0 Å². The Bertz CT molecular complexity index is 792. The van der Waals surface area contributed by atoms with Crippen molar-refractivity contribution in [2.75, 3.05) is 13.1 Å². The van der Waals surface area contributed by atoms with E-state index in [1.807, 2.05) is 10.2 Å². The molecule has 1 aromatic rings. The maximum Gasteiger partial charge on any atom is 0.404 e. The Labute approximate surface area is 144 Å². The van der Waals surface area contributed by atoms with Crippen molar-refractivity contribution in [3.8, 4) is 0 Å². The molecule has 2 heterocycles. The molecule has 0 unspecified atom stereocenters. The number of carbonyl (C=O) groups is 3. The molecule has 25 heavy (non-hydrogen) atoms. The van der Waals surface area contributed by atoms with E-state index in [1.54, 1.807) is 13.8 Å². The third-order valence-electron chi connectivity index (χ3n) is 4.88. The van der Waals surface area contributed by atoms with E-state index < -0.39 is 18.5 Å². The maximum absolute atomic E-state index is 13.1. The molecule has 1 aliphatic heterocycles. The minimum absolute atomic E-state index is 0.0784. The maximum atomic E-state index is 13.1. The number of aromatic nitrogens is 1. The highest BCUT2D eigenvalue weighted by Crippen LogP contribution is 2.35. The van der Waals surface area contributed by atoms with Gasteiger partial charge in [0.1, 0.15) is 0 Å². The third kappa shape index (κ3) is 2.92. The Balaban J connectivity index is 1.95. The summed E-state index contributed by atoms with van der Waals surface area (Å²) in [6.07, 6.45) is 1.44. The molecule has 0 aromatic carbocycles. The smallest absolute Gasteiger partial charge is 0.404 e. The van der Waals surface area contributed by atoms with Gasteiger partial charge in [0.15, 0.2) is 0 Å². The second kappa shape index (κ2) is 6.34. The Morgan fingerprint density at radius 2 is 2.00 bits per heavy atom. The predicted molar refractivity (Wildman–Crippen MR) is 87.5 cm³/mol. The molecule has 1 aromatic heterocycles. The molecule has 134 valence electrons. The molecule has 0 atom stereocenters. The van der Waals surface area contributed by atoms with Gasteiger partial charge in [-0.3, -0.25) is 14.2 Å². The zero-order valence-corrected chi connectivity index (χ0v) is 14.1. The van der Waals surface area contributed by atoms with E-state index in [-0.39, 0.29) is 17.8 Å². The molecule has 7 nitrogen and oxygen atoms in total. The fourth-order valence-corrected chi connectivity index (χ4v) is 3.48. The minimum Gasteiger partial charge on any atom is -0.465 e. The first-order valence-corrected chi connectivity index (χ1v) is 8.19. The van der Waals surface area contributed by atoms with Gasteiger partial charge in [-0.05, 0) is 38.7 Å². The Hall–Kier alpha value is -2.64. The Morgan fingerprint density at radius 1 is 1.32 bits per heavy atom. The summed E-state index contributed by atoms with van der Waals surface area (Å²) in [7, 11) is 0. The number of hydrogen-bond donors (Lipinski definition) is 2. The molecule has 2 N–H and O–H groups in total. The molecule has 8 heteroatoms. The van der Waals surface area contributed by atoms with Crippen LogP contribution >= 0.6 is 0 Å². The first-order valence-electron chi connectivity index (χ1n) is 8.19. The molecule has 1 aliphatic carbocycles. The zero-order chi connectivity index (χ0) is 18.3. The number of fused-ring (bicyclic) bond motifs is 1. The summed E-state index contributed by atoms with van der Waals surface area (Å²) in [5.74, 6) is -0.739. The number of carbonyl (C=O) groups excluding carboxylic acids is 2. The largest absolute Gasteiger partial charge is 0.465 e. The molecule has 0 radical (unpaired) electrons. The van der Waals surface area contributed by atoms with Crippen LogP contribution in [0.4, 0.5) is 9.18 Å². The van der Waals surface area contributed by atoms with Crippen LogP contribution in [-0.4, -0.2) is 51.6 Å². The lowest BCUT2D eigenvalue weighted by Gasteiger charge is -2.27. The highest BCUT2D eigenvalue weighted by Gasteiger charge is 2.39. The highest BCUT2D eigenvalue weighted by atomic mass is 19.1. The zero-order valence-electron chi connectivity index (χ0n) is 14.1. The van der Waals surface area contributed by atoms with Crippen molar-refractivity contribution >= 4 is 17.9 Å². The van der Waals surface area contributed by atoms with E-state index >= 15 is 0 Å². The number of amides is 2. The van der Waals surface area contributed by atoms with Gasteiger partial charge >= 0.3 is 6.09 Å². The second-order valence-corrected chi connectivity index (χ2v) is 6.44. The first-order chi connectivity index (χ1) is 11.9. The fraction of sp³-hybridized carbons (Fsp3) is 0.471. The number of halogens is 1. The van der Waals surface area contributed by atoms with Crippen LogP contribution in [0.3, 0.4) is 0 Å². The van der Waals surface area contributed by atoms with E-state index in [9.17, 15) is 18.8 Å². The van der Waals surface area contributed by atoms with Crippen LogP contribution in [0.2, 0.25) is 0 Å². The molecule has 2 amide bonds. The van der Waals surface area contributed by atoms with Crippen molar-refractivity contribution in [2.24, 2.45) is 0 Å². The SMILES string of the molecule is Cc1c2c(c(C)n1C(=O)C(=CF)CNC(=O)O)C(=O)N(C1CC1)CC2. The number of rotatable bonds is 4.